The van der Waals surface area contributed by atoms with Gasteiger partial charge in [0.1, 0.15) is 11.5 Å². The van der Waals surface area contributed by atoms with Crippen molar-refractivity contribution in [2.45, 2.75) is 0 Å². The normalized spacial score (nSPS) is 10.7. The highest BCUT2D eigenvalue weighted by molar-refractivity contribution is 14.1. The van der Waals surface area contributed by atoms with Crippen LogP contribution in [0.4, 0.5) is 0 Å². The molecule has 0 spiro atoms. The third-order valence-electron chi connectivity index (χ3n) is 2.81. The van der Waals surface area contributed by atoms with Gasteiger partial charge in [-0.3, -0.25) is 9.48 Å². The van der Waals surface area contributed by atoms with Crippen molar-refractivity contribution in [3.05, 3.63) is 39.2 Å². The van der Waals surface area contributed by atoms with E-state index in [0.717, 1.165) is 9.13 Å². The molecule has 1 amide bonds. The lowest BCUT2D eigenvalue weighted by Crippen LogP contribution is -2.19. The summed E-state index contributed by atoms with van der Waals surface area (Å²) in [4.78, 5) is 12.0. The molecule has 0 saturated heterocycles. The van der Waals surface area contributed by atoms with Gasteiger partial charge in [-0.2, -0.15) is 10.2 Å². The number of nitrogens with one attached hydrogen (secondary N) is 1. The number of hydrogen-bond acceptors (Lipinski definition) is 5. The van der Waals surface area contributed by atoms with Crippen LogP contribution in [0.25, 0.3) is 0 Å². The fourth-order valence-corrected chi connectivity index (χ4v) is 2.51. The van der Waals surface area contributed by atoms with Gasteiger partial charge in [-0.15, -0.1) is 0 Å². The van der Waals surface area contributed by atoms with E-state index in [0.29, 0.717) is 17.2 Å². The van der Waals surface area contributed by atoms with Gasteiger partial charge in [-0.1, -0.05) is 0 Å². The van der Waals surface area contributed by atoms with Crippen LogP contribution >= 0.6 is 22.6 Å². The number of carbonyl (C=O) groups is 1. The topological polar surface area (TPSA) is 77.7 Å². The summed E-state index contributed by atoms with van der Waals surface area (Å²) in [6.07, 6.45) is 3.26. The van der Waals surface area contributed by atoms with Gasteiger partial charge in [-0.25, -0.2) is 5.43 Å². The van der Waals surface area contributed by atoms with Crippen LogP contribution in [0.3, 0.4) is 0 Å². The van der Waals surface area contributed by atoms with Gasteiger partial charge in [0.15, 0.2) is 5.69 Å². The van der Waals surface area contributed by atoms with E-state index in [4.69, 9.17) is 9.47 Å². The highest BCUT2D eigenvalue weighted by Crippen LogP contribution is 2.23. The predicted molar refractivity (Wildman–Crippen MR) is 90.5 cm³/mol. The molecule has 1 aromatic carbocycles. The van der Waals surface area contributed by atoms with Crippen LogP contribution in [0.15, 0.2) is 29.5 Å². The number of carbonyl (C=O) groups excluding carboxylic acids is 1. The van der Waals surface area contributed by atoms with Crippen molar-refractivity contribution in [3.8, 4) is 11.5 Å². The van der Waals surface area contributed by atoms with E-state index < -0.39 is 0 Å². The van der Waals surface area contributed by atoms with Crippen molar-refractivity contribution in [2.24, 2.45) is 12.1 Å². The number of aryl methyl sites for hydroxylation is 1. The van der Waals surface area contributed by atoms with E-state index in [1.165, 1.54) is 6.21 Å². The minimum absolute atomic E-state index is 0.335. The molecule has 0 aliphatic heterocycles. The Morgan fingerprint density at radius 1 is 1.41 bits per heavy atom. The van der Waals surface area contributed by atoms with Gasteiger partial charge in [0.05, 0.1) is 24.0 Å². The highest BCUT2D eigenvalue weighted by Gasteiger charge is 2.13. The van der Waals surface area contributed by atoms with E-state index in [1.54, 1.807) is 50.3 Å². The smallest absolute Gasteiger partial charge is 0.292 e. The second-order valence-corrected chi connectivity index (χ2v) is 5.47. The Kier molecular flexibility index (Phi) is 5.36. The van der Waals surface area contributed by atoms with Crippen molar-refractivity contribution in [2.75, 3.05) is 14.2 Å². The Balaban J connectivity index is 2.09. The number of amides is 1. The zero-order valence-electron chi connectivity index (χ0n) is 12.3. The van der Waals surface area contributed by atoms with Crippen LogP contribution < -0.4 is 14.9 Å². The Morgan fingerprint density at radius 3 is 2.77 bits per heavy atom. The number of ether oxygens (including phenoxy) is 2. The number of aromatic nitrogens is 2. The average Bonchev–Trinajstić information content (AvgIpc) is 2.86. The second kappa shape index (κ2) is 7.25. The Bertz CT molecular complexity index is 712. The fourth-order valence-electron chi connectivity index (χ4n) is 1.75. The maximum Gasteiger partial charge on any atom is 0.292 e. The molecule has 2 aromatic rings. The molecule has 0 aliphatic rings. The third-order valence-corrected chi connectivity index (χ3v) is 3.60. The summed E-state index contributed by atoms with van der Waals surface area (Å²) in [6, 6.07) is 5.32. The van der Waals surface area contributed by atoms with Crippen molar-refractivity contribution >= 4 is 34.7 Å². The standard InChI is InChI=1S/C14H15IN4O3/c1-19-8-11(15)13(18-19)14(20)17-16-7-9-4-5-10(21-2)6-12(9)22-3/h4-8H,1-3H3,(H,17,20)/b16-7+. The molecular weight excluding hydrogens is 399 g/mol. The molecule has 0 radical (unpaired) electrons. The van der Waals surface area contributed by atoms with Gasteiger partial charge in [0.2, 0.25) is 0 Å². The number of hydrogen-bond donors (Lipinski definition) is 1. The first-order valence-electron chi connectivity index (χ1n) is 6.29. The lowest BCUT2D eigenvalue weighted by molar-refractivity contribution is 0.0948. The molecule has 0 atom stereocenters. The van der Waals surface area contributed by atoms with Gasteiger partial charge in [0.25, 0.3) is 5.91 Å². The molecule has 7 nitrogen and oxygen atoms in total. The lowest BCUT2D eigenvalue weighted by Gasteiger charge is -2.06. The maximum absolute atomic E-state index is 12.0. The van der Waals surface area contributed by atoms with E-state index in [9.17, 15) is 4.79 Å². The molecule has 116 valence electrons. The minimum Gasteiger partial charge on any atom is -0.497 e. The summed E-state index contributed by atoms with van der Waals surface area (Å²) in [5.74, 6) is 0.916. The first-order chi connectivity index (χ1) is 10.5. The fraction of sp³-hybridized carbons (Fsp3) is 0.214. The quantitative estimate of drug-likeness (QED) is 0.460. The molecule has 0 unspecified atom stereocenters. The number of nitrogens with zero attached hydrogens (tertiary/aromatic N) is 3. The summed E-state index contributed by atoms with van der Waals surface area (Å²) >= 11 is 2.05. The number of methoxy groups -OCH3 is 2. The molecule has 8 heteroatoms. The number of rotatable bonds is 5. The van der Waals surface area contributed by atoms with Gasteiger partial charge in [0, 0.05) is 24.9 Å². The van der Waals surface area contributed by atoms with Crippen LogP contribution in [0.5, 0.6) is 11.5 Å². The van der Waals surface area contributed by atoms with Crippen LogP contribution in [0.2, 0.25) is 0 Å². The molecule has 0 bridgehead atoms. The van der Waals surface area contributed by atoms with Crippen molar-refractivity contribution in [1.29, 1.82) is 0 Å². The van der Waals surface area contributed by atoms with E-state index in [2.05, 4.69) is 15.6 Å². The van der Waals surface area contributed by atoms with Crippen molar-refractivity contribution < 1.29 is 14.3 Å². The first-order valence-corrected chi connectivity index (χ1v) is 7.37. The van der Waals surface area contributed by atoms with Crippen LogP contribution in [0.1, 0.15) is 16.1 Å². The van der Waals surface area contributed by atoms with Gasteiger partial charge >= 0.3 is 0 Å². The van der Waals surface area contributed by atoms with E-state index in [1.807, 2.05) is 22.6 Å². The van der Waals surface area contributed by atoms with Crippen LogP contribution in [-0.2, 0) is 7.05 Å². The SMILES string of the molecule is COc1ccc(/C=N/NC(=O)c2nn(C)cc2I)c(OC)c1. The molecule has 0 saturated carbocycles. The Morgan fingerprint density at radius 2 is 2.18 bits per heavy atom. The number of hydrazone groups is 1. The summed E-state index contributed by atoms with van der Waals surface area (Å²) in [5.41, 5.74) is 3.50. The monoisotopic (exact) mass is 414 g/mol. The zero-order chi connectivity index (χ0) is 16.1. The van der Waals surface area contributed by atoms with Crippen LogP contribution in [-0.4, -0.2) is 36.1 Å². The molecule has 1 N–H and O–H groups in total. The lowest BCUT2D eigenvalue weighted by atomic mass is 10.2. The summed E-state index contributed by atoms with van der Waals surface area (Å²) in [6.45, 7) is 0. The molecule has 1 heterocycles. The molecule has 0 fully saturated rings. The number of halogens is 1. The third kappa shape index (κ3) is 3.75. The van der Waals surface area contributed by atoms with Gasteiger partial charge < -0.3 is 9.47 Å². The predicted octanol–water partition coefficient (Wildman–Crippen LogP) is 1.81. The molecular formula is C14H15IN4O3. The average molecular weight is 414 g/mol. The highest BCUT2D eigenvalue weighted by atomic mass is 127. The summed E-state index contributed by atoms with van der Waals surface area (Å²) in [7, 11) is 4.89. The molecule has 0 aliphatic carbocycles. The second-order valence-electron chi connectivity index (χ2n) is 4.31. The zero-order valence-corrected chi connectivity index (χ0v) is 14.5. The van der Waals surface area contributed by atoms with E-state index in [-0.39, 0.29) is 5.91 Å². The van der Waals surface area contributed by atoms with Crippen molar-refractivity contribution in [3.63, 3.8) is 0 Å². The molecule has 22 heavy (non-hydrogen) atoms. The Hall–Kier alpha value is -2.10. The van der Waals surface area contributed by atoms with Gasteiger partial charge in [-0.05, 0) is 34.7 Å². The summed E-state index contributed by atoms with van der Waals surface area (Å²) < 4.78 is 12.7. The minimum atomic E-state index is -0.367. The Labute approximate surface area is 141 Å². The first kappa shape index (κ1) is 16.3. The van der Waals surface area contributed by atoms with Crippen molar-refractivity contribution in [1.82, 2.24) is 15.2 Å². The molecule has 2 rings (SSSR count). The van der Waals surface area contributed by atoms with Crippen LogP contribution in [0, 0.1) is 3.57 Å². The molecule has 1 aromatic heterocycles. The van der Waals surface area contributed by atoms with E-state index >= 15 is 0 Å². The summed E-state index contributed by atoms with van der Waals surface area (Å²) in [5, 5.41) is 8.01. The largest absolute Gasteiger partial charge is 0.497 e. The number of benzene rings is 1. The maximum atomic E-state index is 12.0.